The Labute approximate surface area is 130 Å². The lowest BCUT2D eigenvalue weighted by Gasteiger charge is -2.22. The second-order valence-corrected chi connectivity index (χ2v) is 5.43. The van der Waals surface area contributed by atoms with E-state index in [1.165, 1.54) is 0 Å². The molecule has 1 saturated heterocycles. The lowest BCUT2D eigenvalue weighted by molar-refractivity contribution is -0.118. The van der Waals surface area contributed by atoms with Gasteiger partial charge in [0.05, 0.1) is 6.04 Å². The van der Waals surface area contributed by atoms with Crippen LogP contribution >= 0.6 is 0 Å². The zero-order chi connectivity index (χ0) is 15.2. The molecule has 0 aliphatic carbocycles. The maximum atomic E-state index is 12.1. The van der Waals surface area contributed by atoms with E-state index in [4.69, 9.17) is 4.74 Å². The summed E-state index contributed by atoms with van der Waals surface area (Å²) in [6, 6.07) is 17.0. The minimum absolute atomic E-state index is 0.0384. The molecule has 0 radical (unpaired) electrons. The van der Waals surface area contributed by atoms with Crippen LogP contribution in [-0.2, 0) is 4.79 Å². The summed E-state index contributed by atoms with van der Waals surface area (Å²) in [4.78, 5) is 12.1. The fourth-order valence-corrected chi connectivity index (χ4v) is 2.54. The van der Waals surface area contributed by atoms with Crippen molar-refractivity contribution in [2.24, 2.45) is 0 Å². The number of benzene rings is 2. The molecular formula is C18H20N2O2. The number of nitrogens with one attached hydrogen (secondary N) is 2. The van der Waals surface area contributed by atoms with Crippen molar-refractivity contribution in [1.29, 1.82) is 0 Å². The maximum absolute atomic E-state index is 12.1. The minimum atomic E-state index is -0.0750. The summed E-state index contributed by atoms with van der Waals surface area (Å²) in [7, 11) is 0. The second kappa shape index (κ2) is 7.09. The van der Waals surface area contributed by atoms with E-state index < -0.39 is 0 Å². The zero-order valence-corrected chi connectivity index (χ0v) is 12.4. The highest BCUT2D eigenvalue weighted by molar-refractivity contribution is 5.94. The van der Waals surface area contributed by atoms with Gasteiger partial charge in [0.15, 0.2) is 0 Å². The number of hydrogen-bond acceptors (Lipinski definition) is 3. The van der Waals surface area contributed by atoms with E-state index >= 15 is 0 Å². The van der Waals surface area contributed by atoms with Gasteiger partial charge in [0.25, 0.3) is 0 Å². The Morgan fingerprint density at radius 3 is 2.41 bits per heavy atom. The molecule has 0 saturated carbocycles. The number of rotatable bonds is 4. The monoisotopic (exact) mass is 296 g/mol. The minimum Gasteiger partial charge on any atom is -0.457 e. The average Bonchev–Trinajstić information content (AvgIpc) is 2.58. The molecule has 2 aromatic carbocycles. The summed E-state index contributed by atoms with van der Waals surface area (Å²) in [6.45, 7) is 0.919. The lowest BCUT2D eigenvalue weighted by Crippen LogP contribution is -2.43. The molecule has 1 aliphatic rings. The number of ether oxygens (including phenoxy) is 1. The molecule has 0 unspecified atom stereocenters. The number of anilines is 1. The van der Waals surface area contributed by atoms with E-state index in [-0.39, 0.29) is 11.9 Å². The first-order valence-electron chi connectivity index (χ1n) is 7.68. The van der Waals surface area contributed by atoms with E-state index in [0.29, 0.717) is 0 Å². The third-order valence-corrected chi connectivity index (χ3v) is 3.73. The van der Waals surface area contributed by atoms with Gasteiger partial charge < -0.3 is 15.4 Å². The predicted molar refractivity (Wildman–Crippen MR) is 87.2 cm³/mol. The normalized spacial score (nSPS) is 17.7. The average molecular weight is 296 g/mol. The molecule has 0 aromatic heterocycles. The number of para-hydroxylation sites is 1. The molecule has 3 rings (SSSR count). The van der Waals surface area contributed by atoms with Crippen LogP contribution in [0.3, 0.4) is 0 Å². The first-order chi connectivity index (χ1) is 10.8. The van der Waals surface area contributed by atoms with Crippen LogP contribution in [0.1, 0.15) is 19.3 Å². The molecule has 114 valence electrons. The molecule has 1 heterocycles. The third kappa shape index (κ3) is 3.86. The van der Waals surface area contributed by atoms with Crippen molar-refractivity contribution in [3.05, 3.63) is 54.6 Å². The van der Waals surface area contributed by atoms with Crippen molar-refractivity contribution in [3.63, 3.8) is 0 Å². The van der Waals surface area contributed by atoms with Crippen LogP contribution in [0.4, 0.5) is 5.69 Å². The molecule has 4 heteroatoms. The maximum Gasteiger partial charge on any atom is 0.241 e. The fourth-order valence-electron chi connectivity index (χ4n) is 2.54. The molecule has 2 N–H and O–H groups in total. The predicted octanol–water partition coefficient (Wildman–Crippen LogP) is 3.56. The van der Waals surface area contributed by atoms with Gasteiger partial charge in [-0.1, -0.05) is 24.6 Å². The van der Waals surface area contributed by atoms with Crippen LogP contribution in [0.5, 0.6) is 11.5 Å². The summed E-state index contributed by atoms with van der Waals surface area (Å²) in [5.41, 5.74) is 0.790. The van der Waals surface area contributed by atoms with Gasteiger partial charge >= 0.3 is 0 Å². The Kier molecular flexibility index (Phi) is 4.71. The summed E-state index contributed by atoms with van der Waals surface area (Å²) in [5, 5.41) is 6.19. The van der Waals surface area contributed by atoms with Gasteiger partial charge in [0, 0.05) is 5.69 Å². The van der Waals surface area contributed by atoms with Gasteiger partial charge in [-0.3, -0.25) is 4.79 Å². The van der Waals surface area contributed by atoms with E-state index in [1.807, 2.05) is 54.6 Å². The largest absolute Gasteiger partial charge is 0.457 e. The highest BCUT2D eigenvalue weighted by Crippen LogP contribution is 2.22. The standard InChI is InChI=1S/C18H20N2O2/c21-18(17-8-4-5-13-19-17)20-14-9-11-16(12-10-14)22-15-6-2-1-3-7-15/h1-3,6-7,9-12,17,19H,4-5,8,13H2,(H,20,21)/t17-/m1/s1. The van der Waals surface area contributed by atoms with Crippen LogP contribution in [-0.4, -0.2) is 18.5 Å². The summed E-state index contributed by atoms with van der Waals surface area (Å²) < 4.78 is 5.73. The molecule has 1 amide bonds. The lowest BCUT2D eigenvalue weighted by atomic mass is 10.0. The Morgan fingerprint density at radius 1 is 1.00 bits per heavy atom. The molecule has 1 atom stereocenters. The van der Waals surface area contributed by atoms with Gasteiger partial charge in [-0.05, 0) is 55.8 Å². The highest BCUT2D eigenvalue weighted by atomic mass is 16.5. The molecule has 0 bridgehead atoms. The number of hydrogen-bond donors (Lipinski definition) is 2. The van der Waals surface area contributed by atoms with E-state index in [1.54, 1.807) is 0 Å². The zero-order valence-electron chi connectivity index (χ0n) is 12.4. The number of amides is 1. The Hall–Kier alpha value is -2.33. The third-order valence-electron chi connectivity index (χ3n) is 3.73. The molecular weight excluding hydrogens is 276 g/mol. The number of piperidine rings is 1. The van der Waals surface area contributed by atoms with Gasteiger partial charge in [-0.2, -0.15) is 0 Å². The van der Waals surface area contributed by atoms with E-state index in [9.17, 15) is 4.79 Å². The summed E-state index contributed by atoms with van der Waals surface area (Å²) >= 11 is 0. The first kappa shape index (κ1) is 14.6. The summed E-state index contributed by atoms with van der Waals surface area (Å²) in [5.74, 6) is 1.59. The topological polar surface area (TPSA) is 50.4 Å². The van der Waals surface area contributed by atoms with Crippen molar-refractivity contribution in [2.45, 2.75) is 25.3 Å². The molecule has 1 aliphatic heterocycles. The molecule has 0 spiro atoms. The smallest absolute Gasteiger partial charge is 0.241 e. The van der Waals surface area contributed by atoms with E-state index in [2.05, 4.69) is 10.6 Å². The van der Waals surface area contributed by atoms with Crippen LogP contribution in [0.25, 0.3) is 0 Å². The SMILES string of the molecule is O=C(Nc1ccc(Oc2ccccc2)cc1)[C@H]1CCCCN1. The second-order valence-electron chi connectivity index (χ2n) is 5.43. The highest BCUT2D eigenvalue weighted by Gasteiger charge is 2.20. The van der Waals surface area contributed by atoms with Gasteiger partial charge in [0.2, 0.25) is 5.91 Å². The van der Waals surface area contributed by atoms with Gasteiger partial charge in [0.1, 0.15) is 11.5 Å². The fraction of sp³-hybridized carbons (Fsp3) is 0.278. The van der Waals surface area contributed by atoms with E-state index in [0.717, 1.165) is 43.0 Å². The van der Waals surface area contributed by atoms with Crippen molar-refractivity contribution in [1.82, 2.24) is 5.32 Å². The van der Waals surface area contributed by atoms with Gasteiger partial charge in [-0.25, -0.2) is 0 Å². The number of carbonyl (C=O) groups is 1. The van der Waals surface area contributed by atoms with Crippen LogP contribution < -0.4 is 15.4 Å². The van der Waals surface area contributed by atoms with Crippen LogP contribution in [0.2, 0.25) is 0 Å². The van der Waals surface area contributed by atoms with Crippen molar-refractivity contribution in [2.75, 3.05) is 11.9 Å². The quantitative estimate of drug-likeness (QED) is 0.907. The molecule has 1 fully saturated rings. The van der Waals surface area contributed by atoms with Gasteiger partial charge in [-0.15, -0.1) is 0 Å². The summed E-state index contributed by atoms with van der Waals surface area (Å²) in [6.07, 6.45) is 3.16. The van der Waals surface area contributed by atoms with Crippen molar-refractivity contribution < 1.29 is 9.53 Å². The molecule has 2 aromatic rings. The van der Waals surface area contributed by atoms with Crippen molar-refractivity contribution >= 4 is 11.6 Å². The Balaban J connectivity index is 1.58. The Morgan fingerprint density at radius 2 is 1.73 bits per heavy atom. The Bertz CT molecular complexity index is 605. The number of carbonyl (C=O) groups excluding carboxylic acids is 1. The first-order valence-corrected chi connectivity index (χ1v) is 7.68. The molecule has 4 nitrogen and oxygen atoms in total. The van der Waals surface area contributed by atoms with Crippen LogP contribution in [0.15, 0.2) is 54.6 Å². The molecule has 22 heavy (non-hydrogen) atoms. The van der Waals surface area contributed by atoms with Crippen LogP contribution in [0, 0.1) is 0 Å². The van der Waals surface area contributed by atoms with Crippen molar-refractivity contribution in [3.8, 4) is 11.5 Å².